The second kappa shape index (κ2) is 6.66. The summed E-state index contributed by atoms with van der Waals surface area (Å²) in [7, 11) is 0. The Morgan fingerprint density at radius 3 is 2.58 bits per heavy atom. The van der Waals surface area contributed by atoms with Gasteiger partial charge in [-0.25, -0.2) is 0 Å². The van der Waals surface area contributed by atoms with Gasteiger partial charge in [0.1, 0.15) is 0 Å². The number of nitrogens with two attached hydrogens (primary N) is 1. The highest BCUT2D eigenvalue weighted by Gasteiger charge is 2.15. The first-order valence-corrected chi connectivity index (χ1v) is 7.66. The quantitative estimate of drug-likeness (QED) is 0.611. The maximum atomic E-state index is 5.74. The number of hydrogen-bond donors (Lipinski definition) is 2. The van der Waals surface area contributed by atoms with Gasteiger partial charge in [0.05, 0.1) is 6.04 Å². The van der Waals surface area contributed by atoms with Crippen LogP contribution >= 0.6 is 31.9 Å². The standard InChI is InChI=1S/C15H16Br2N2/c1-10-4-2-3-5-11(10)8-15(19-18)13-9-12(16)6-7-14(13)17/h2-7,9,15,19H,8,18H2,1H3. The molecule has 0 aliphatic heterocycles. The van der Waals surface area contributed by atoms with E-state index < -0.39 is 0 Å². The van der Waals surface area contributed by atoms with Crippen LogP contribution in [0.15, 0.2) is 51.4 Å². The van der Waals surface area contributed by atoms with Crippen LogP contribution in [0.5, 0.6) is 0 Å². The van der Waals surface area contributed by atoms with E-state index in [1.165, 1.54) is 11.1 Å². The maximum Gasteiger partial charge on any atom is 0.0511 e. The molecule has 2 rings (SSSR count). The van der Waals surface area contributed by atoms with E-state index in [4.69, 9.17) is 5.84 Å². The number of hydrazine groups is 1. The van der Waals surface area contributed by atoms with Gasteiger partial charge >= 0.3 is 0 Å². The van der Waals surface area contributed by atoms with E-state index in [0.29, 0.717) is 0 Å². The summed E-state index contributed by atoms with van der Waals surface area (Å²) in [5, 5.41) is 0. The average molecular weight is 384 g/mol. The van der Waals surface area contributed by atoms with Gasteiger partial charge in [0.15, 0.2) is 0 Å². The molecule has 19 heavy (non-hydrogen) atoms. The van der Waals surface area contributed by atoms with Crippen molar-refractivity contribution in [1.29, 1.82) is 0 Å². The monoisotopic (exact) mass is 382 g/mol. The molecular formula is C15H16Br2N2. The largest absolute Gasteiger partial charge is 0.271 e. The molecule has 1 atom stereocenters. The van der Waals surface area contributed by atoms with Gasteiger partial charge in [-0.3, -0.25) is 11.3 Å². The molecule has 1 unspecified atom stereocenters. The van der Waals surface area contributed by atoms with Gasteiger partial charge in [-0.15, -0.1) is 0 Å². The molecular weight excluding hydrogens is 368 g/mol. The maximum absolute atomic E-state index is 5.74. The summed E-state index contributed by atoms with van der Waals surface area (Å²) in [5.74, 6) is 5.74. The van der Waals surface area contributed by atoms with Crippen LogP contribution < -0.4 is 11.3 Å². The molecule has 0 fully saturated rings. The van der Waals surface area contributed by atoms with Crippen molar-refractivity contribution >= 4 is 31.9 Å². The van der Waals surface area contributed by atoms with Gasteiger partial charge in [0.25, 0.3) is 0 Å². The number of halogens is 2. The summed E-state index contributed by atoms with van der Waals surface area (Å²) in [6, 6.07) is 14.6. The lowest BCUT2D eigenvalue weighted by atomic mass is 9.96. The van der Waals surface area contributed by atoms with Crippen LogP contribution in [-0.2, 0) is 6.42 Å². The fourth-order valence-electron chi connectivity index (χ4n) is 2.10. The number of hydrogen-bond acceptors (Lipinski definition) is 2. The third kappa shape index (κ3) is 3.66. The highest BCUT2D eigenvalue weighted by molar-refractivity contribution is 9.11. The Kier molecular flexibility index (Phi) is 5.16. The lowest BCUT2D eigenvalue weighted by Gasteiger charge is -2.19. The minimum Gasteiger partial charge on any atom is -0.271 e. The second-order valence-corrected chi connectivity index (χ2v) is 6.29. The smallest absolute Gasteiger partial charge is 0.0511 e. The zero-order valence-corrected chi connectivity index (χ0v) is 13.8. The zero-order chi connectivity index (χ0) is 13.8. The molecule has 4 heteroatoms. The van der Waals surface area contributed by atoms with E-state index in [1.54, 1.807) is 0 Å². The van der Waals surface area contributed by atoms with Crippen molar-refractivity contribution in [3.63, 3.8) is 0 Å². The van der Waals surface area contributed by atoms with Crippen LogP contribution in [0, 0.1) is 6.92 Å². The van der Waals surface area contributed by atoms with Crippen molar-refractivity contribution in [3.05, 3.63) is 68.1 Å². The van der Waals surface area contributed by atoms with Crippen molar-refractivity contribution in [2.45, 2.75) is 19.4 Å². The summed E-state index contributed by atoms with van der Waals surface area (Å²) in [4.78, 5) is 0. The van der Waals surface area contributed by atoms with Crippen LogP contribution in [0.4, 0.5) is 0 Å². The molecule has 0 saturated heterocycles. The van der Waals surface area contributed by atoms with Crippen LogP contribution in [0.1, 0.15) is 22.7 Å². The van der Waals surface area contributed by atoms with Crippen LogP contribution in [-0.4, -0.2) is 0 Å². The summed E-state index contributed by atoms with van der Waals surface area (Å²) < 4.78 is 2.11. The van der Waals surface area contributed by atoms with Gasteiger partial charge in [0.2, 0.25) is 0 Å². The average Bonchev–Trinajstić information content (AvgIpc) is 2.41. The van der Waals surface area contributed by atoms with Crippen molar-refractivity contribution in [2.75, 3.05) is 0 Å². The number of rotatable bonds is 4. The topological polar surface area (TPSA) is 38.0 Å². The van der Waals surface area contributed by atoms with E-state index in [0.717, 1.165) is 20.9 Å². The van der Waals surface area contributed by atoms with E-state index in [1.807, 2.05) is 12.1 Å². The first-order valence-electron chi connectivity index (χ1n) is 6.07. The Morgan fingerprint density at radius 2 is 1.89 bits per heavy atom. The molecule has 0 heterocycles. The summed E-state index contributed by atoms with van der Waals surface area (Å²) >= 11 is 7.09. The number of nitrogens with one attached hydrogen (secondary N) is 1. The molecule has 0 amide bonds. The Hall–Kier alpha value is -0.680. The number of benzene rings is 2. The minimum absolute atomic E-state index is 0.0768. The van der Waals surface area contributed by atoms with Gasteiger partial charge in [-0.05, 0) is 48.2 Å². The molecule has 0 spiro atoms. The van der Waals surface area contributed by atoms with E-state index >= 15 is 0 Å². The zero-order valence-electron chi connectivity index (χ0n) is 10.7. The normalized spacial score (nSPS) is 12.4. The molecule has 0 saturated carbocycles. The van der Waals surface area contributed by atoms with Gasteiger partial charge < -0.3 is 0 Å². The lowest BCUT2D eigenvalue weighted by Crippen LogP contribution is -2.30. The Bertz CT molecular complexity index is 570. The van der Waals surface area contributed by atoms with Gasteiger partial charge in [-0.2, -0.15) is 0 Å². The lowest BCUT2D eigenvalue weighted by molar-refractivity contribution is 0.548. The summed E-state index contributed by atoms with van der Waals surface area (Å²) in [6.45, 7) is 2.12. The Labute approximate surface area is 130 Å². The van der Waals surface area contributed by atoms with Gasteiger partial charge in [0, 0.05) is 8.95 Å². The minimum atomic E-state index is 0.0768. The molecule has 0 aliphatic rings. The molecule has 100 valence electrons. The molecule has 2 nitrogen and oxygen atoms in total. The van der Waals surface area contributed by atoms with Crippen LogP contribution in [0.3, 0.4) is 0 Å². The first-order chi connectivity index (χ1) is 9.11. The fraction of sp³-hybridized carbons (Fsp3) is 0.200. The third-order valence-electron chi connectivity index (χ3n) is 3.22. The summed E-state index contributed by atoms with van der Waals surface area (Å²) in [6.07, 6.45) is 0.859. The van der Waals surface area contributed by atoms with Crippen molar-refractivity contribution < 1.29 is 0 Å². The van der Waals surface area contributed by atoms with E-state index in [9.17, 15) is 0 Å². The SMILES string of the molecule is Cc1ccccc1CC(NN)c1cc(Br)ccc1Br. The molecule has 0 radical (unpaired) electrons. The number of aryl methyl sites for hydroxylation is 1. The molecule has 0 aromatic heterocycles. The Balaban J connectivity index is 2.30. The van der Waals surface area contributed by atoms with E-state index in [2.05, 4.69) is 74.5 Å². The van der Waals surface area contributed by atoms with Crippen molar-refractivity contribution in [3.8, 4) is 0 Å². The first kappa shape index (κ1) is 14.7. The Morgan fingerprint density at radius 1 is 1.16 bits per heavy atom. The predicted molar refractivity (Wildman–Crippen MR) is 86.8 cm³/mol. The molecule has 3 N–H and O–H groups in total. The van der Waals surface area contributed by atoms with Crippen LogP contribution in [0.25, 0.3) is 0 Å². The van der Waals surface area contributed by atoms with Gasteiger partial charge in [-0.1, -0.05) is 56.1 Å². The third-order valence-corrected chi connectivity index (χ3v) is 4.44. The summed E-state index contributed by atoms with van der Waals surface area (Å²) in [5.41, 5.74) is 6.65. The van der Waals surface area contributed by atoms with Crippen LogP contribution in [0.2, 0.25) is 0 Å². The fourth-order valence-corrected chi connectivity index (χ4v) is 3.00. The molecule has 0 bridgehead atoms. The van der Waals surface area contributed by atoms with E-state index in [-0.39, 0.29) is 6.04 Å². The molecule has 2 aromatic rings. The second-order valence-electron chi connectivity index (χ2n) is 4.52. The predicted octanol–water partition coefficient (Wildman–Crippen LogP) is 4.27. The highest BCUT2D eigenvalue weighted by atomic mass is 79.9. The molecule has 2 aromatic carbocycles. The van der Waals surface area contributed by atoms with Crippen molar-refractivity contribution in [1.82, 2.24) is 5.43 Å². The molecule has 0 aliphatic carbocycles. The van der Waals surface area contributed by atoms with Crippen molar-refractivity contribution in [2.24, 2.45) is 5.84 Å². The highest BCUT2D eigenvalue weighted by Crippen LogP contribution is 2.29.